The first-order chi connectivity index (χ1) is 7.11. The molecular weight excluding hydrogens is 208 g/mol. The molecule has 0 amide bonds. The molecule has 0 atom stereocenters. The fourth-order valence-electron chi connectivity index (χ4n) is 1.79. The number of pyridine rings is 1. The minimum Gasteiger partial charge on any atom is -0.326 e. The van der Waals surface area contributed by atoms with E-state index in [9.17, 15) is 0 Å². The van der Waals surface area contributed by atoms with Crippen LogP contribution in [-0.2, 0) is 6.54 Å². The van der Waals surface area contributed by atoms with Gasteiger partial charge in [-0.3, -0.25) is 0 Å². The molecule has 1 aromatic carbocycles. The van der Waals surface area contributed by atoms with Crippen molar-refractivity contribution in [2.45, 2.75) is 20.4 Å². The Balaban J connectivity index is 2.81. The Morgan fingerprint density at radius 3 is 2.67 bits per heavy atom. The quantitative estimate of drug-likeness (QED) is 0.751. The number of aromatic nitrogens is 1. The lowest BCUT2D eigenvalue weighted by Gasteiger charge is -2.07. The molecule has 0 bridgehead atoms. The number of nitrogens with two attached hydrogens (primary N) is 1. The van der Waals surface area contributed by atoms with Gasteiger partial charge in [-0.1, -0.05) is 17.7 Å². The minimum atomic E-state index is 0.426. The average Bonchev–Trinajstić information content (AvgIpc) is 2.16. The summed E-state index contributed by atoms with van der Waals surface area (Å²) in [6, 6.07) is 6.20. The van der Waals surface area contributed by atoms with Crippen LogP contribution >= 0.6 is 11.6 Å². The van der Waals surface area contributed by atoms with Crippen molar-refractivity contribution in [2.24, 2.45) is 5.73 Å². The predicted octanol–water partition coefficient (Wildman–Crippen LogP) is 2.96. The lowest BCUT2D eigenvalue weighted by Crippen LogP contribution is -1.99. The number of rotatable bonds is 1. The van der Waals surface area contributed by atoms with Crippen molar-refractivity contribution < 1.29 is 0 Å². The molecule has 0 unspecified atom stereocenters. The molecule has 2 aromatic rings. The topological polar surface area (TPSA) is 38.9 Å². The smallest absolute Gasteiger partial charge is 0.134 e. The molecule has 0 aliphatic carbocycles. The molecule has 0 aliphatic heterocycles. The lowest BCUT2D eigenvalue weighted by atomic mass is 10.0. The molecule has 0 radical (unpaired) electrons. The maximum absolute atomic E-state index is 6.02. The first-order valence-corrected chi connectivity index (χ1v) is 5.26. The van der Waals surface area contributed by atoms with Crippen LogP contribution in [0.25, 0.3) is 10.9 Å². The van der Waals surface area contributed by atoms with E-state index in [2.05, 4.69) is 24.9 Å². The van der Waals surface area contributed by atoms with Gasteiger partial charge in [-0.25, -0.2) is 4.98 Å². The number of hydrogen-bond acceptors (Lipinski definition) is 2. The van der Waals surface area contributed by atoms with Gasteiger partial charge in [0.2, 0.25) is 0 Å². The second kappa shape index (κ2) is 3.80. The van der Waals surface area contributed by atoms with E-state index in [0.717, 1.165) is 16.5 Å². The highest BCUT2D eigenvalue weighted by Crippen LogP contribution is 2.24. The Kier molecular flexibility index (Phi) is 2.63. The second-order valence-electron chi connectivity index (χ2n) is 3.79. The molecule has 0 fully saturated rings. The summed E-state index contributed by atoms with van der Waals surface area (Å²) in [6.07, 6.45) is 0. The zero-order chi connectivity index (χ0) is 11.0. The molecule has 3 heteroatoms. The number of halogens is 1. The van der Waals surface area contributed by atoms with Gasteiger partial charge in [-0.2, -0.15) is 0 Å². The SMILES string of the molecule is Cc1cc(C)c2cc(CN)c(Cl)nc2c1. The molecule has 0 saturated heterocycles. The number of aryl methyl sites for hydroxylation is 2. The van der Waals surface area contributed by atoms with Crippen LogP contribution in [0.2, 0.25) is 5.15 Å². The molecular formula is C12H13ClN2. The van der Waals surface area contributed by atoms with Gasteiger partial charge in [0.1, 0.15) is 5.15 Å². The summed E-state index contributed by atoms with van der Waals surface area (Å²) in [5, 5.41) is 1.64. The Labute approximate surface area is 94.1 Å². The molecule has 2 N–H and O–H groups in total. The van der Waals surface area contributed by atoms with E-state index < -0.39 is 0 Å². The maximum atomic E-state index is 6.02. The molecule has 2 nitrogen and oxygen atoms in total. The summed E-state index contributed by atoms with van der Waals surface area (Å²) in [5.41, 5.74) is 9.85. The molecule has 78 valence electrons. The van der Waals surface area contributed by atoms with Gasteiger partial charge in [-0.15, -0.1) is 0 Å². The summed E-state index contributed by atoms with van der Waals surface area (Å²) >= 11 is 6.02. The monoisotopic (exact) mass is 220 g/mol. The van der Waals surface area contributed by atoms with Gasteiger partial charge in [0, 0.05) is 17.5 Å². The number of nitrogens with zero attached hydrogens (tertiary/aromatic N) is 1. The molecule has 2 rings (SSSR count). The second-order valence-corrected chi connectivity index (χ2v) is 4.15. The van der Waals surface area contributed by atoms with E-state index in [1.165, 1.54) is 11.1 Å². The van der Waals surface area contributed by atoms with Crippen LogP contribution in [0.3, 0.4) is 0 Å². The van der Waals surface area contributed by atoms with Crippen molar-refractivity contribution in [3.63, 3.8) is 0 Å². The first-order valence-electron chi connectivity index (χ1n) is 4.88. The standard InChI is InChI=1S/C12H13ClN2/c1-7-3-8(2)10-5-9(6-14)12(13)15-11(10)4-7/h3-5H,6,14H2,1-2H3. The van der Waals surface area contributed by atoms with Crippen LogP contribution in [0.5, 0.6) is 0 Å². The van der Waals surface area contributed by atoms with E-state index >= 15 is 0 Å². The van der Waals surface area contributed by atoms with Gasteiger partial charge < -0.3 is 5.73 Å². The van der Waals surface area contributed by atoms with Gasteiger partial charge >= 0.3 is 0 Å². The first kappa shape index (κ1) is 10.4. The average molecular weight is 221 g/mol. The van der Waals surface area contributed by atoms with E-state index in [0.29, 0.717) is 11.7 Å². The third-order valence-electron chi connectivity index (χ3n) is 2.53. The van der Waals surface area contributed by atoms with Crippen molar-refractivity contribution in [2.75, 3.05) is 0 Å². The molecule has 0 saturated carbocycles. The summed E-state index contributed by atoms with van der Waals surface area (Å²) < 4.78 is 0. The normalized spacial score (nSPS) is 10.9. The number of benzene rings is 1. The fraction of sp³-hybridized carbons (Fsp3) is 0.250. The van der Waals surface area contributed by atoms with Crippen LogP contribution in [-0.4, -0.2) is 4.98 Å². The zero-order valence-corrected chi connectivity index (χ0v) is 9.60. The lowest BCUT2D eigenvalue weighted by molar-refractivity contribution is 1.06. The van der Waals surface area contributed by atoms with Crippen molar-refractivity contribution in [1.82, 2.24) is 4.98 Å². The van der Waals surface area contributed by atoms with Crippen molar-refractivity contribution in [1.29, 1.82) is 0 Å². The molecule has 0 spiro atoms. The van der Waals surface area contributed by atoms with Crippen LogP contribution in [0, 0.1) is 13.8 Å². The molecule has 1 heterocycles. The highest BCUT2D eigenvalue weighted by Gasteiger charge is 2.05. The van der Waals surface area contributed by atoms with E-state index in [-0.39, 0.29) is 0 Å². The van der Waals surface area contributed by atoms with Crippen molar-refractivity contribution >= 4 is 22.5 Å². The van der Waals surface area contributed by atoms with Gasteiger partial charge in [0.25, 0.3) is 0 Å². The van der Waals surface area contributed by atoms with Crippen LogP contribution in [0.4, 0.5) is 0 Å². The van der Waals surface area contributed by atoms with Gasteiger partial charge in [-0.05, 0) is 37.1 Å². The highest BCUT2D eigenvalue weighted by atomic mass is 35.5. The Morgan fingerprint density at radius 2 is 2.00 bits per heavy atom. The Bertz CT molecular complexity index is 521. The van der Waals surface area contributed by atoms with Gasteiger partial charge in [0.05, 0.1) is 5.52 Å². The van der Waals surface area contributed by atoms with E-state index in [4.69, 9.17) is 17.3 Å². The van der Waals surface area contributed by atoms with Crippen LogP contribution in [0.1, 0.15) is 16.7 Å². The number of fused-ring (bicyclic) bond motifs is 1. The highest BCUT2D eigenvalue weighted by molar-refractivity contribution is 6.30. The molecule has 1 aromatic heterocycles. The van der Waals surface area contributed by atoms with E-state index in [1.807, 2.05) is 12.1 Å². The fourth-order valence-corrected chi connectivity index (χ4v) is 2.01. The summed E-state index contributed by atoms with van der Waals surface area (Å²) in [4.78, 5) is 4.35. The zero-order valence-electron chi connectivity index (χ0n) is 8.84. The maximum Gasteiger partial charge on any atom is 0.134 e. The minimum absolute atomic E-state index is 0.426. The summed E-state index contributed by atoms with van der Waals surface area (Å²) in [7, 11) is 0. The third kappa shape index (κ3) is 1.83. The van der Waals surface area contributed by atoms with E-state index in [1.54, 1.807) is 0 Å². The Hall–Kier alpha value is -1.12. The van der Waals surface area contributed by atoms with Crippen molar-refractivity contribution in [3.05, 3.63) is 40.0 Å². The Morgan fingerprint density at radius 1 is 1.27 bits per heavy atom. The van der Waals surface area contributed by atoms with Crippen LogP contribution in [0.15, 0.2) is 18.2 Å². The summed E-state index contributed by atoms with van der Waals surface area (Å²) in [6.45, 7) is 4.55. The largest absolute Gasteiger partial charge is 0.326 e. The molecule has 0 aliphatic rings. The summed E-state index contributed by atoms with van der Waals surface area (Å²) in [5.74, 6) is 0. The third-order valence-corrected chi connectivity index (χ3v) is 2.86. The number of hydrogen-bond donors (Lipinski definition) is 1. The van der Waals surface area contributed by atoms with Crippen LogP contribution < -0.4 is 5.73 Å². The predicted molar refractivity (Wildman–Crippen MR) is 64.1 cm³/mol. The molecule has 15 heavy (non-hydrogen) atoms. The van der Waals surface area contributed by atoms with Gasteiger partial charge in [0.15, 0.2) is 0 Å². The van der Waals surface area contributed by atoms with Crippen molar-refractivity contribution in [3.8, 4) is 0 Å².